The van der Waals surface area contributed by atoms with E-state index in [1.54, 1.807) is 33.9 Å². The number of nitrogens with zero attached hydrogens (tertiary/aromatic N) is 2. The number of aliphatic imine (C=N–C) groups is 2. The number of unbranched alkanes of at least 4 members (excludes halogenated alkanes) is 3. The lowest BCUT2D eigenvalue weighted by molar-refractivity contribution is -0.137. The zero-order chi connectivity index (χ0) is 83.6. The number of primary amides is 1. The van der Waals surface area contributed by atoms with E-state index in [9.17, 15) is 57.5 Å². The van der Waals surface area contributed by atoms with Gasteiger partial charge in [-0.05, 0) is 163 Å². The number of carbonyl (C=O) groups excluding carboxylic acids is 12. The van der Waals surface area contributed by atoms with Crippen LogP contribution < -0.4 is 110 Å². The average molecular weight is 1570 g/mol. The zero-order valence-corrected chi connectivity index (χ0v) is 67.7. The fourth-order valence-electron chi connectivity index (χ4n) is 12.4. The third kappa shape index (κ3) is 36.7. The number of hydrogen-bond acceptors (Lipinski definition) is 18. The van der Waals surface area contributed by atoms with E-state index in [2.05, 4.69) is 73.5 Å². The minimum Gasteiger partial charge on any atom is -0.370 e. The molecule has 35 heteroatoms. The topological polar surface area (TPSA) is 612 Å². The van der Waals surface area contributed by atoms with E-state index >= 15 is 0 Å². The second-order valence-electron chi connectivity index (χ2n) is 30.7. The van der Waals surface area contributed by atoms with Gasteiger partial charge in [0.25, 0.3) is 0 Å². The lowest BCUT2D eigenvalue weighted by Crippen LogP contribution is -2.62. The number of amides is 12. The van der Waals surface area contributed by atoms with Crippen LogP contribution in [0.15, 0.2) is 40.4 Å². The molecule has 0 aliphatic carbocycles. The van der Waals surface area contributed by atoms with Crippen molar-refractivity contribution in [3.8, 4) is 0 Å². The highest BCUT2D eigenvalue weighted by molar-refractivity contribution is 6.00. The molecule has 2 rings (SSSR count). The number of nitrogens with one attached hydrogen (secondary N) is 12. The molecule has 30 N–H and O–H groups in total. The molecule has 14 atom stereocenters. The van der Waals surface area contributed by atoms with Crippen LogP contribution in [-0.4, -0.2) is 193 Å². The van der Waals surface area contributed by atoms with Crippen LogP contribution in [0.3, 0.4) is 0 Å². The number of aromatic amines is 1. The highest BCUT2D eigenvalue weighted by Crippen LogP contribution is 2.22. The van der Waals surface area contributed by atoms with Gasteiger partial charge in [-0.3, -0.25) is 67.5 Å². The highest BCUT2D eigenvalue weighted by atomic mass is 16.2. The number of para-hydroxylation sites is 1. The lowest BCUT2D eigenvalue weighted by Gasteiger charge is -2.31. The van der Waals surface area contributed by atoms with Gasteiger partial charge in [0.15, 0.2) is 11.9 Å². The molecular weight excluding hydrogens is 1430 g/mol. The number of rotatable bonds is 56. The maximum atomic E-state index is 14.9. The molecule has 0 aliphatic heterocycles. The van der Waals surface area contributed by atoms with E-state index < -0.39 is 161 Å². The molecule has 1 aromatic carbocycles. The van der Waals surface area contributed by atoms with E-state index in [4.69, 9.17) is 51.6 Å². The maximum absolute atomic E-state index is 14.9. The lowest BCUT2D eigenvalue weighted by atomic mass is 9.95. The summed E-state index contributed by atoms with van der Waals surface area (Å²) in [6.45, 7) is 22.7. The van der Waals surface area contributed by atoms with Crippen LogP contribution >= 0.6 is 0 Å². The van der Waals surface area contributed by atoms with Gasteiger partial charge in [-0.2, -0.15) is 0 Å². The van der Waals surface area contributed by atoms with Crippen LogP contribution in [0.1, 0.15) is 204 Å². The summed E-state index contributed by atoms with van der Waals surface area (Å²) in [4.78, 5) is 183. The van der Waals surface area contributed by atoms with Crippen molar-refractivity contribution < 1.29 is 57.5 Å². The maximum Gasteiger partial charge on any atom is 0.243 e. The van der Waals surface area contributed by atoms with Gasteiger partial charge in [-0.1, -0.05) is 121 Å². The quantitative estimate of drug-likeness (QED) is 0.0220. The zero-order valence-electron chi connectivity index (χ0n) is 67.7. The first-order chi connectivity index (χ1) is 52.4. The number of hydrogen-bond donors (Lipinski definition) is 21. The Balaban J connectivity index is 2.57. The van der Waals surface area contributed by atoms with Crippen LogP contribution in [0.25, 0.3) is 10.9 Å². The fourth-order valence-corrected chi connectivity index (χ4v) is 12.4. The normalized spacial score (nSPS) is 15.2. The van der Waals surface area contributed by atoms with Crippen molar-refractivity contribution in [2.24, 2.45) is 97.1 Å². The SMILES string of the molecule is CC[C@H](C)[C@H](NC(=O)[C@H](CC(C)C)NC(=O)[C@@H](CCCCN)NC(=O)[C@@H](NC(=O)[C@@H](NC(=O)[C@H](CCCN=C(N)N)NC(=O)[C@@H](N)CCCCN)[C@@H](C)CC)C(C)C)C(=O)N[C@@H](CC(C)C)C(=O)N[C@@H](CCCCN)C(=O)N[C@@H](Cc1c[nH]c2ccccc12)C(=O)N[C@@H](CC(C)C)C(=O)N[C@@H](CCCN=C(N)N)C(N)=O. The second-order valence-corrected chi connectivity index (χ2v) is 30.7. The number of nitrogens with two attached hydrogens (primary N) is 9. The molecule has 2 aromatic rings. The van der Waals surface area contributed by atoms with E-state index in [0.717, 1.165) is 10.9 Å². The summed E-state index contributed by atoms with van der Waals surface area (Å²) >= 11 is 0. The van der Waals surface area contributed by atoms with E-state index in [1.165, 1.54) is 0 Å². The van der Waals surface area contributed by atoms with Crippen LogP contribution in [0.2, 0.25) is 0 Å². The number of benzene rings is 1. The standard InChI is InChI=1S/C76H137N23O12/c1-13-46(11)61(99-71(108)58(39-44(7)8)93-66(103)54(29-19-22-34-79)92-72(109)60(45(9)10)97-74(111)62(47(12)14-2)98-67(104)55(31-24-36-87-76(84)85)90-64(101)50(80)26-17-20-32-77)73(110)96-57(38-43(5)6)69(106)91-53(28-18-21-33-78)65(102)95-59(40-48-41-88-51-27-16-15-25-49(48)51)70(107)94-56(37-42(3)4)68(105)89-52(63(81)100)30-23-35-86-75(82)83/h15-16,25,27,41-47,50,52-62,88H,13-14,17-24,26,28-40,77-80H2,1-12H3,(H2,81,100)(H,89,105)(H,90,101)(H,91,106)(H,92,109)(H,93,103)(H,94,107)(H,95,102)(H,96,110)(H,97,111)(H,98,104)(H,99,108)(H4,82,83,86)(H4,84,85,87)/t46-,47-,50-,52-,53-,54+,55-,56-,57-,58-,59-,60-,61-,62-/m0/s1. The summed E-state index contributed by atoms with van der Waals surface area (Å²) < 4.78 is 0. The first-order valence-corrected chi connectivity index (χ1v) is 39.6. The molecule has 35 nitrogen and oxygen atoms in total. The molecule has 111 heavy (non-hydrogen) atoms. The van der Waals surface area contributed by atoms with Crippen molar-refractivity contribution >= 4 is 93.7 Å². The van der Waals surface area contributed by atoms with Gasteiger partial charge < -0.3 is 115 Å². The molecule has 1 heterocycles. The van der Waals surface area contributed by atoms with Gasteiger partial charge in [0.2, 0.25) is 70.9 Å². The third-order valence-electron chi connectivity index (χ3n) is 19.2. The number of guanidine groups is 2. The molecule has 1 aromatic heterocycles. The van der Waals surface area contributed by atoms with Crippen molar-refractivity contribution in [2.45, 2.75) is 278 Å². The van der Waals surface area contributed by atoms with Gasteiger partial charge in [0.1, 0.15) is 66.5 Å². The summed E-state index contributed by atoms with van der Waals surface area (Å²) in [6.07, 6.45) is 6.59. The van der Waals surface area contributed by atoms with Crippen molar-refractivity contribution in [3.63, 3.8) is 0 Å². The van der Waals surface area contributed by atoms with Gasteiger partial charge >= 0.3 is 0 Å². The molecule has 0 aliphatic rings. The summed E-state index contributed by atoms with van der Waals surface area (Å²) in [7, 11) is 0. The average Bonchev–Trinajstić information content (AvgIpc) is 1.72. The van der Waals surface area contributed by atoms with Crippen molar-refractivity contribution in [3.05, 3.63) is 36.0 Å². The molecule has 0 unspecified atom stereocenters. The molecule has 0 bridgehead atoms. The molecule has 628 valence electrons. The Morgan fingerprint density at radius 2 is 0.703 bits per heavy atom. The van der Waals surface area contributed by atoms with Crippen LogP contribution in [0, 0.1) is 35.5 Å². The van der Waals surface area contributed by atoms with Crippen molar-refractivity contribution in [2.75, 3.05) is 32.7 Å². The van der Waals surface area contributed by atoms with Gasteiger partial charge in [0, 0.05) is 36.6 Å². The molecule has 0 saturated carbocycles. The Labute approximate surface area is 655 Å². The minimum atomic E-state index is -1.36. The first kappa shape index (κ1) is 97.9. The Morgan fingerprint density at radius 1 is 0.378 bits per heavy atom. The molecule has 0 spiro atoms. The molecule has 0 fully saturated rings. The Bertz CT molecular complexity index is 3320. The predicted molar refractivity (Wildman–Crippen MR) is 431 cm³/mol. The molecule has 0 radical (unpaired) electrons. The summed E-state index contributed by atoms with van der Waals surface area (Å²) in [5.74, 6) is -11.3. The molecule has 12 amide bonds. The fraction of sp³-hybridized carbons (Fsp3) is 0.711. The third-order valence-corrected chi connectivity index (χ3v) is 19.2. The Kier molecular flexibility index (Phi) is 45.9. The minimum absolute atomic E-state index is 0.0409. The van der Waals surface area contributed by atoms with Gasteiger partial charge in [0.05, 0.1) is 6.04 Å². The molecular formula is C76H137N23O12. The van der Waals surface area contributed by atoms with E-state index in [0.29, 0.717) is 76.3 Å². The van der Waals surface area contributed by atoms with Gasteiger partial charge in [-0.25, -0.2) is 0 Å². The second kappa shape index (κ2) is 52.1. The Hall–Kier alpha value is -9.22. The Morgan fingerprint density at radius 3 is 1.13 bits per heavy atom. The number of aromatic nitrogens is 1. The van der Waals surface area contributed by atoms with E-state index in [1.807, 2.05) is 79.7 Å². The molecule has 0 saturated heterocycles. The summed E-state index contributed by atoms with van der Waals surface area (Å²) in [5, 5.41) is 31.6. The first-order valence-electron chi connectivity index (χ1n) is 39.6. The van der Waals surface area contributed by atoms with Gasteiger partial charge in [-0.15, -0.1) is 0 Å². The van der Waals surface area contributed by atoms with Crippen LogP contribution in [0.5, 0.6) is 0 Å². The smallest absolute Gasteiger partial charge is 0.243 e. The van der Waals surface area contributed by atoms with Crippen molar-refractivity contribution in [1.82, 2.24) is 63.5 Å². The largest absolute Gasteiger partial charge is 0.370 e. The summed E-state index contributed by atoms with van der Waals surface area (Å²) in [5.41, 5.74) is 52.8. The van der Waals surface area contributed by atoms with Crippen LogP contribution in [0.4, 0.5) is 0 Å². The number of carbonyl (C=O) groups is 12. The predicted octanol–water partition coefficient (Wildman–Crippen LogP) is -0.763. The monoisotopic (exact) mass is 1560 g/mol. The van der Waals surface area contributed by atoms with E-state index in [-0.39, 0.29) is 114 Å². The highest BCUT2D eigenvalue weighted by Gasteiger charge is 2.39. The number of fused-ring (bicyclic) bond motifs is 1. The van der Waals surface area contributed by atoms with Crippen LogP contribution in [-0.2, 0) is 64.0 Å². The number of H-pyrrole nitrogens is 1. The van der Waals surface area contributed by atoms with Crippen molar-refractivity contribution in [1.29, 1.82) is 0 Å². The summed E-state index contributed by atoms with van der Waals surface area (Å²) in [6, 6.07) is -7.43.